The number of fused-ring (bicyclic) bond motifs is 1. The highest BCUT2D eigenvalue weighted by Crippen LogP contribution is 2.50. The van der Waals surface area contributed by atoms with Gasteiger partial charge in [0.25, 0.3) is 0 Å². The van der Waals surface area contributed by atoms with Gasteiger partial charge in [0.1, 0.15) is 11.9 Å². The number of hydrogen-bond acceptors (Lipinski definition) is 7. The summed E-state index contributed by atoms with van der Waals surface area (Å²) in [6.07, 6.45) is 5.46. The Balaban J connectivity index is 1.82. The number of aromatic nitrogens is 3. The molecule has 4 aromatic rings. The zero-order chi connectivity index (χ0) is 28.4. The third-order valence-corrected chi connectivity index (χ3v) is 6.99. The van der Waals surface area contributed by atoms with E-state index in [4.69, 9.17) is 18.8 Å². The third-order valence-electron chi connectivity index (χ3n) is 5.64. The van der Waals surface area contributed by atoms with Crippen molar-refractivity contribution in [3.8, 4) is 28.1 Å². The monoisotopic (exact) mass is 550 g/mol. The number of phosphoric acid groups is 1. The molecule has 1 amide bonds. The first-order valence-corrected chi connectivity index (χ1v) is 13.7. The van der Waals surface area contributed by atoms with E-state index in [1.165, 1.54) is 13.2 Å². The van der Waals surface area contributed by atoms with E-state index >= 15 is 0 Å². The Morgan fingerprint density at radius 1 is 1.15 bits per heavy atom. The highest BCUT2D eigenvalue weighted by Gasteiger charge is 2.32. The second-order valence-corrected chi connectivity index (χ2v) is 11.1. The van der Waals surface area contributed by atoms with Gasteiger partial charge in [-0.2, -0.15) is 0 Å². The standard InChI is InChI=1S/C28H31N4O6P/c1-7-25(33)31-22-10-8-9-19(13-22)21-14-23-24(20-11-12-29-26(15-20)36-6)17-32(27(23)30-16-21)18(2)37-39(34,35)38-28(3,4)5/h7-18H,1H2,2-6H3,(H,31,33)(H,34,35). The van der Waals surface area contributed by atoms with Gasteiger partial charge in [0.05, 0.1) is 12.7 Å². The molecule has 0 aliphatic heterocycles. The zero-order valence-corrected chi connectivity index (χ0v) is 23.3. The second kappa shape index (κ2) is 11.1. The summed E-state index contributed by atoms with van der Waals surface area (Å²) in [7, 11) is -2.85. The number of phosphoric ester groups is 1. The Morgan fingerprint density at radius 2 is 1.92 bits per heavy atom. The quantitative estimate of drug-likeness (QED) is 0.182. The summed E-state index contributed by atoms with van der Waals surface area (Å²) in [4.78, 5) is 31.0. The largest absolute Gasteiger partial charge is 0.481 e. The number of carbonyl (C=O) groups is 1. The highest BCUT2D eigenvalue weighted by atomic mass is 31.2. The van der Waals surface area contributed by atoms with E-state index in [0.29, 0.717) is 17.2 Å². The van der Waals surface area contributed by atoms with Crippen molar-refractivity contribution < 1.29 is 28.0 Å². The van der Waals surface area contributed by atoms with Crippen LogP contribution in [0.2, 0.25) is 0 Å². The van der Waals surface area contributed by atoms with E-state index in [2.05, 4.69) is 16.9 Å². The Labute approximate surface area is 226 Å². The van der Waals surface area contributed by atoms with Crippen molar-refractivity contribution in [2.75, 3.05) is 12.4 Å². The first-order valence-electron chi connectivity index (χ1n) is 12.2. The summed E-state index contributed by atoms with van der Waals surface area (Å²) in [5.41, 5.74) is 3.50. The summed E-state index contributed by atoms with van der Waals surface area (Å²) in [5.74, 6) is 0.128. The van der Waals surface area contributed by atoms with E-state index in [-0.39, 0.29) is 5.91 Å². The predicted octanol–water partition coefficient (Wildman–Crippen LogP) is 6.35. The average molecular weight is 551 g/mol. The van der Waals surface area contributed by atoms with Crippen LogP contribution < -0.4 is 10.1 Å². The molecule has 204 valence electrons. The number of nitrogens with one attached hydrogen (secondary N) is 1. The maximum absolute atomic E-state index is 12.7. The van der Waals surface area contributed by atoms with Gasteiger partial charge in [0.2, 0.25) is 11.8 Å². The number of rotatable bonds is 9. The summed E-state index contributed by atoms with van der Waals surface area (Å²) >= 11 is 0. The van der Waals surface area contributed by atoms with Gasteiger partial charge in [-0.25, -0.2) is 14.5 Å². The van der Waals surface area contributed by atoms with Crippen LogP contribution in [0, 0.1) is 0 Å². The molecule has 10 nitrogen and oxygen atoms in total. The number of amides is 1. The minimum Gasteiger partial charge on any atom is -0.481 e. The van der Waals surface area contributed by atoms with Crippen LogP contribution in [0.3, 0.4) is 0 Å². The van der Waals surface area contributed by atoms with Crippen molar-refractivity contribution in [1.82, 2.24) is 14.5 Å². The van der Waals surface area contributed by atoms with Gasteiger partial charge in [-0.15, -0.1) is 0 Å². The van der Waals surface area contributed by atoms with Crippen molar-refractivity contribution in [3.63, 3.8) is 0 Å². The number of ether oxygens (including phenoxy) is 1. The van der Waals surface area contributed by atoms with Crippen molar-refractivity contribution in [1.29, 1.82) is 0 Å². The SMILES string of the molecule is C=CC(=O)Nc1cccc(-c2cnc3c(c2)c(-c2ccnc(OC)c2)cn3C(C)OP(=O)(O)OC(C)(C)C)c1. The average Bonchev–Trinajstić information content (AvgIpc) is 3.26. The molecule has 0 saturated heterocycles. The summed E-state index contributed by atoms with van der Waals surface area (Å²) in [6, 6.07) is 13.0. The molecule has 11 heteroatoms. The van der Waals surface area contributed by atoms with Crippen LogP contribution in [0.25, 0.3) is 33.3 Å². The van der Waals surface area contributed by atoms with Gasteiger partial charge in [-0.3, -0.25) is 13.8 Å². The fourth-order valence-electron chi connectivity index (χ4n) is 4.07. The number of hydrogen-bond donors (Lipinski definition) is 2. The minimum absolute atomic E-state index is 0.308. The van der Waals surface area contributed by atoms with E-state index in [1.807, 2.05) is 30.3 Å². The smallest absolute Gasteiger partial charge is 0.474 e. The molecule has 0 aliphatic rings. The Morgan fingerprint density at radius 3 is 2.62 bits per heavy atom. The number of nitrogens with zero attached hydrogens (tertiary/aromatic N) is 3. The molecule has 0 fully saturated rings. The lowest BCUT2D eigenvalue weighted by Crippen LogP contribution is -2.19. The molecule has 0 aliphatic carbocycles. The molecule has 2 unspecified atom stereocenters. The number of anilines is 1. The topological polar surface area (TPSA) is 125 Å². The van der Waals surface area contributed by atoms with Crippen LogP contribution in [0.15, 0.2) is 73.7 Å². The second-order valence-electron chi connectivity index (χ2n) is 9.78. The maximum atomic E-state index is 12.7. The van der Waals surface area contributed by atoms with Crippen LogP contribution in [-0.4, -0.2) is 38.0 Å². The summed E-state index contributed by atoms with van der Waals surface area (Å²) in [6.45, 7) is 10.1. The van der Waals surface area contributed by atoms with Crippen molar-refractivity contribution >= 4 is 30.5 Å². The number of benzene rings is 1. The molecule has 1 aromatic carbocycles. The lowest BCUT2D eigenvalue weighted by Gasteiger charge is -2.25. The minimum atomic E-state index is -4.39. The van der Waals surface area contributed by atoms with Crippen LogP contribution in [0.4, 0.5) is 5.69 Å². The van der Waals surface area contributed by atoms with Crippen LogP contribution in [0.5, 0.6) is 5.88 Å². The van der Waals surface area contributed by atoms with Gasteiger partial charge >= 0.3 is 7.82 Å². The molecular weight excluding hydrogens is 519 g/mol. The molecular formula is C28H31N4O6P. The normalized spacial score (nSPS) is 14.0. The van der Waals surface area contributed by atoms with E-state index in [1.54, 1.807) is 63.0 Å². The fraction of sp³-hybridized carbons (Fsp3) is 0.250. The summed E-state index contributed by atoms with van der Waals surface area (Å²) < 4.78 is 30.5. The lowest BCUT2D eigenvalue weighted by atomic mass is 10.0. The van der Waals surface area contributed by atoms with Crippen LogP contribution >= 0.6 is 7.82 Å². The predicted molar refractivity (Wildman–Crippen MR) is 150 cm³/mol. The van der Waals surface area contributed by atoms with Crippen molar-refractivity contribution in [2.24, 2.45) is 0 Å². The van der Waals surface area contributed by atoms with Gasteiger partial charge in [0.15, 0.2) is 0 Å². The third kappa shape index (κ3) is 6.79. The number of pyridine rings is 2. The molecule has 0 saturated carbocycles. The zero-order valence-electron chi connectivity index (χ0n) is 22.4. The highest BCUT2D eigenvalue weighted by molar-refractivity contribution is 7.47. The Bertz CT molecular complexity index is 1580. The van der Waals surface area contributed by atoms with E-state index in [9.17, 15) is 14.3 Å². The molecule has 3 aromatic heterocycles. The first kappa shape index (κ1) is 28.2. The van der Waals surface area contributed by atoms with Gasteiger partial charge in [-0.05, 0) is 69.2 Å². The maximum Gasteiger partial charge on any atom is 0.474 e. The van der Waals surface area contributed by atoms with Crippen molar-refractivity contribution in [3.05, 3.63) is 73.7 Å². The van der Waals surface area contributed by atoms with Gasteiger partial charge < -0.3 is 19.5 Å². The molecule has 2 atom stereocenters. The van der Waals surface area contributed by atoms with E-state index < -0.39 is 19.7 Å². The number of methoxy groups -OCH3 is 1. The van der Waals surface area contributed by atoms with Gasteiger partial charge in [0, 0.05) is 46.9 Å². The lowest BCUT2D eigenvalue weighted by molar-refractivity contribution is -0.111. The molecule has 0 bridgehead atoms. The molecule has 2 N–H and O–H groups in total. The Kier molecular flexibility index (Phi) is 8.04. The first-order chi connectivity index (χ1) is 18.4. The van der Waals surface area contributed by atoms with Crippen LogP contribution in [0.1, 0.15) is 33.9 Å². The van der Waals surface area contributed by atoms with Crippen LogP contribution in [-0.2, 0) is 18.4 Å². The fourth-order valence-corrected chi connectivity index (χ4v) is 5.29. The molecule has 0 radical (unpaired) electrons. The molecule has 0 spiro atoms. The van der Waals surface area contributed by atoms with Gasteiger partial charge in [-0.1, -0.05) is 18.7 Å². The van der Waals surface area contributed by atoms with Crippen molar-refractivity contribution in [2.45, 2.75) is 39.5 Å². The number of carbonyl (C=O) groups excluding carboxylic acids is 1. The summed E-state index contributed by atoms with van der Waals surface area (Å²) in [5, 5.41) is 3.53. The van der Waals surface area contributed by atoms with E-state index in [0.717, 1.165) is 27.6 Å². The molecule has 3 heterocycles. The Hall–Kier alpha value is -3.82. The molecule has 39 heavy (non-hydrogen) atoms. The molecule has 4 rings (SSSR count).